The number of rotatable bonds is 7. The van der Waals surface area contributed by atoms with Crippen LogP contribution in [0.4, 0.5) is 0 Å². The Kier molecular flexibility index (Phi) is 12.5. The molecule has 1 saturated carbocycles. The fraction of sp³-hybridized carbons (Fsp3) is 0.647. The molecular formula is C17H32N2O5S. The maximum absolute atomic E-state index is 10.3. The topological polar surface area (TPSA) is 119 Å². The maximum Gasteiger partial charge on any atom is 0.333 e. The lowest BCUT2D eigenvalue weighted by atomic mass is 9.96. The second-order valence-corrected chi connectivity index (χ2v) is 7.13. The number of benzene rings is 1. The van der Waals surface area contributed by atoms with Crippen molar-refractivity contribution in [3.63, 3.8) is 0 Å². The summed E-state index contributed by atoms with van der Waals surface area (Å²) < 4.78 is 36.6. The Hall–Kier alpha value is -1.19. The molecule has 1 aliphatic carbocycles. The predicted octanol–water partition coefficient (Wildman–Crippen LogP) is 1.73. The molecule has 0 heterocycles. The van der Waals surface area contributed by atoms with E-state index < -0.39 is 10.3 Å². The molecule has 0 saturated heterocycles. The van der Waals surface area contributed by atoms with Gasteiger partial charge in [-0.1, -0.05) is 37.5 Å². The van der Waals surface area contributed by atoms with Gasteiger partial charge < -0.3 is 15.5 Å². The van der Waals surface area contributed by atoms with E-state index in [9.17, 15) is 8.42 Å². The van der Waals surface area contributed by atoms with Gasteiger partial charge in [0.15, 0.2) is 0 Å². The van der Waals surface area contributed by atoms with Crippen LogP contribution in [0.15, 0.2) is 24.3 Å². The van der Waals surface area contributed by atoms with Crippen LogP contribution in [0.5, 0.6) is 5.75 Å². The van der Waals surface area contributed by atoms with Gasteiger partial charge in [-0.3, -0.25) is 4.55 Å². The van der Waals surface area contributed by atoms with Crippen LogP contribution < -0.4 is 14.8 Å². The number of methoxy groups -OCH3 is 1. The smallest absolute Gasteiger partial charge is 0.333 e. The van der Waals surface area contributed by atoms with E-state index in [4.69, 9.17) is 9.29 Å². The van der Waals surface area contributed by atoms with Gasteiger partial charge in [-0.05, 0) is 50.9 Å². The van der Waals surface area contributed by atoms with Gasteiger partial charge in [0.05, 0.1) is 7.11 Å². The number of para-hydroxylation sites is 1. The van der Waals surface area contributed by atoms with Crippen molar-refractivity contribution in [3.8, 4) is 5.75 Å². The molecule has 0 radical (unpaired) electrons. The predicted molar refractivity (Wildman–Crippen MR) is 100 cm³/mol. The van der Waals surface area contributed by atoms with Crippen molar-refractivity contribution < 1.29 is 23.2 Å². The van der Waals surface area contributed by atoms with Crippen molar-refractivity contribution in [2.45, 2.75) is 51.0 Å². The van der Waals surface area contributed by atoms with E-state index in [-0.39, 0.29) is 11.5 Å². The van der Waals surface area contributed by atoms with Crippen molar-refractivity contribution in [1.29, 1.82) is 0 Å². The molecule has 1 aromatic rings. The third-order valence-corrected chi connectivity index (χ3v) is 4.62. The summed E-state index contributed by atoms with van der Waals surface area (Å²) in [5.41, 5.74) is 1.29. The minimum absolute atomic E-state index is 0. The van der Waals surface area contributed by atoms with E-state index in [2.05, 4.69) is 22.2 Å². The van der Waals surface area contributed by atoms with Gasteiger partial charge in [0, 0.05) is 6.04 Å². The highest BCUT2D eigenvalue weighted by Gasteiger charge is 2.17. The zero-order valence-electron chi connectivity index (χ0n) is 15.1. The fourth-order valence-corrected chi connectivity index (χ4v) is 3.45. The lowest BCUT2D eigenvalue weighted by Gasteiger charge is -2.20. The molecule has 0 amide bonds. The molecule has 0 aromatic heterocycles. The lowest BCUT2D eigenvalue weighted by Crippen LogP contribution is -2.35. The Morgan fingerprint density at radius 1 is 1.20 bits per heavy atom. The van der Waals surface area contributed by atoms with Crippen LogP contribution in [0.2, 0.25) is 0 Å². The molecule has 2 rings (SSSR count). The molecule has 5 N–H and O–H groups in total. The molecule has 1 fully saturated rings. The molecule has 8 heteroatoms. The molecule has 0 unspecified atom stereocenters. The molecular weight excluding hydrogens is 344 g/mol. The molecule has 0 aliphatic heterocycles. The van der Waals surface area contributed by atoms with Crippen molar-refractivity contribution >= 4 is 10.3 Å². The summed E-state index contributed by atoms with van der Waals surface area (Å²) in [6, 6.07) is 8.14. The van der Waals surface area contributed by atoms with Crippen LogP contribution in [-0.4, -0.2) is 45.2 Å². The first-order valence-electron chi connectivity index (χ1n) is 8.47. The average Bonchev–Trinajstić information content (AvgIpc) is 2.55. The van der Waals surface area contributed by atoms with Gasteiger partial charge in [0.1, 0.15) is 5.75 Å². The highest BCUT2D eigenvalue weighted by molar-refractivity contribution is 7.83. The van der Waals surface area contributed by atoms with Crippen molar-refractivity contribution in [2.75, 3.05) is 20.7 Å². The largest absolute Gasteiger partial charge is 0.496 e. The van der Waals surface area contributed by atoms with Gasteiger partial charge in [0.25, 0.3) is 0 Å². The fourth-order valence-electron chi connectivity index (χ4n) is 2.80. The van der Waals surface area contributed by atoms with Gasteiger partial charge >= 0.3 is 10.3 Å². The van der Waals surface area contributed by atoms with Crippen molar-refractivity contribution in [2.24, 2.45) is 0 Å². The first kappa shape index (κ1) is 23.8. The number of nitrogens with one attached hydrogen (secondary N) is 2. The number of aryl methyl sites for hydroxylation is 1. The molecule has 25 heavy (non-hydrogen) atoms. The van der Waals surface area contributed by atoms with E-state index in [1.165, 1.54) is 12.0 Å². The van der Waals surface area contributed by atoms with E-state index >= 15 is 0 Å². The molecule has 0 atom stereocenters. The highest BCUT2D eigenvalue weighted by Crippen LogP contribution is 2.18. The summed E-state index contributed by atoms with van der Waals surface area (Å²) in [7, 11) is -0.280. The molecule has 7 nitrogen and oxygen atoms in total. The summed E-state index contributed by atoms with van der Waals surface area (Å²) >= 11 is 0. The van der Waals surface area contributed by atoms with Gasteiger partial charge in [-0.25, -0.2) is 0 Å². The summed E-state index contributed by atoms with van der Waals surface area (Å²) in [4.78, 5) is 0. The van der Waals surface area contributed by atoms with E-state index in [1.807, 2.05) is 19.2 Å². The Labute approximate surface area is 151 Å². The number of ether oxygens (including phenoxy) is 1. The normalized spacial score (nSPS) is 14.8. The second kappa shape index (κ2) is 13.1. The van der Waals surface area contributed by atoms with Crippen LogP contribution in [0.3, 0.4) is 0 Å². The third kappa shape index (κ3) is 11.1. The Balaban J connectivity index is 0.000000449. The average molecular weight is 377 g/mol. The number of hydrogen-bond acceptors (Lipinski definition) is 4. The quantitative estimate of drug-likeness (QED) is 0.494. The molecule has 1 aromatic carbocycles. The third-order valence-electron chi connectivity index (χ3n) is 3.99. The van der Waals surface area contributed by atoms with Gasteiger partial charge in [-0.15, -0.1) is 0 Å². The Morgan fingerprint density at radius 2 is 1.84 bits per heavy atom. The van der Waals surface area contributed by atoms with Gasteiger partial charge in [0.2, 0.25) is 0 Å². The highest BCUT2D eigenvalue weighted by atomic mass is 32.2. The first-order valence-corrected chi connectivity index (χ1v) is 9.91. The van der Waals surface area contributed by atoms with Crippen molar-refractivity contribution in [3.05, 3.63) is 29.8 Å². The monoisotopic (exact) mass is 376 g/mol. The van der Waals surface area contributed by atoms with Crippen LogP contribution >= 0.6 is 0 Å². The minimum Gasteiger partial charge on any atom is -0.496 e. The van der Waals surface area contributed by atoms with Crippen LogP contribution in [-0.2, 0) is 16.7 Å². The summed E-state index contributed by atoms with van der Waals surface area (Å²) in [6.45, 7) is 1.05. The van der Waals surface area contributed by atoms with E-state index in [1.54, 1.807) is 7.11 Å². The Morgan fingerprint density at radius 3 is 2.40 bits per heavy atom. The summed E-state index contributed by atoms with van der Waals surface area (Å²) in [5, 5.41) is 3.13. The standard InChI is InChI=1S/C11H17NO.C6H13NO3S.H2O/c1-12-9-5-7-10-6-3-4-8-11(10)13-2;8-11(9,10)7-6-4-2-1-3-5-6;/h3-4,6,8,12H,5,7,9H2,1-2H3;6-7H,1-5H2,(H,8,9,10);1H2. The maximum atomic E-state index is 10.3. The summed E-state index contributed by atoms with van der Waals surface area (Å²) in [6.07, 6.45) is 7.19. The zero-order valence-corrected chi connectivity index (χ0v) is 15.9. The van der Waals surface area contributed by atoms with E-state index in [0.717, 1.165) is 50.8 Å². The number of hydrogen-bond donors (Lipinski definition) is 3. The Bertz CT molecular complexity index is 560. The second-order valence-electron chi connectivity index (χ2n) is 5.95. The molecule has 146 valence electrons. The van der Waals surface area contributed by atoms with Gasteiger partial charge in [-0.2, -0.15) is 13.1 Å². The zero-order chi connectivity index (χ0) is 17.8. The minimum atomic E-state index is -3.97. The lowest BCUT2D eigenvalue weighted by molar-refractivity contribution is 0.389. The van der Waals surface area contributed by atoms with Crippen LogP contribution in [0, 0.1) is 0 Å². The molecule has 0 bridgehead atoms. The van der Waals surface area contributed by atoms with Crippen molar-refractivity contribution in [1.82, 2.24) is 10.0 Å². The molecule has 1 aliphatic rings. The van der Waals surface area contributed by atoms with Crippen LogP contribution in [0.1, 0.15) is 44.1 Å². The van der Waals surface area contributed by atoms with E-state index in [0.29, 0.717) is 0 Å². The van der Waals surface area contributed by atoms with Crippen LogP contribution in [0.25, 0.3) is 0 Å². The summed E-state index contributed by atoms with van der Waals surface area (Å²) in [5.74, 6) is 0.999. The first-order chi connectivity index (χ1) is 11.5. The SMILES string of the molecule is CNCCCc1ccccc1OC.O.O=S(=O)(O)NC1CCCCC1. The molecule has 0 spiro atoms.